The maximum Gasteiger partial charge on any atom is 0.306 e. The minimum absolute atomic E-state index is 0.0352. The smallest absolute Gasteiger partial charge is 0.306 e. The molecule has 0 spiro atoms. The minimum Gasteiger partial charge on any atom is -0.494 e. The molecule has 0 aliphatic rings. The van der Waals surface area contributed by atoms with Gasteiger partial charge in [0.15, 0.2) is 6.10 Å². The highest BCUT2D eigenvalue weighted by molar-refractivity contribution is 5.69. The molecular weight excluding hydrogens is 378 g/mol. The topological polar surface area (TPSA) is 118 Å². The number of non-ortho nitro benzene ring substituents is 1. The lowest BCUT2D eigenvalue weighted by Crippen LogP contribution is -2.10. The molecule has 0 saturated heterocycles. The van der Waals surface area contributed by atoms with Gasteiger partial charge in [-0.3, -0.25) is 14.9 Å². The van der Waals surface area contributed by atoms with Gasteiger partial charge in [0.1, 0.15) is 5.75 Å². The van der Waals surface area contributed by atoms with Crippen molar-refractivity contribution in [3.8, 4) is 17.2 Å². The van der Waals surface area contributed by atoms with E-state index in [0.29, 0.717) is 18.6 Å². The van der Waals surface area contributed by atoms with Gasteiger partial charge in [-0.05, 0) is 37.6 Å². The first-order valence-corrected chi connectivity index (χ1v) is 8.98. The molecule has 3 rings (SSSR count). The molecule has 150 valence electrons. The molecule has 0 N–H and O–H groups in total. The third-order valence-electron chi connectivity index (χ3n) is 3.96. The molecule has 0 saturated carbocycles. The quantitative estimate of drug-likeness (QED) is 0.229. The Bertz CT molecular complexity index is 956. The molecule has 0 bridgehead atoms. The summed E-state index contributed by atoms with van der Waals surface area (Å²) in [7, 11) is 0. The van der Waals surface area contributed by atoms with E-state index < -0.39 is 17.0 Å². The highest BCUT2D eigenvalue weighted by Crippen LogP contribution is 2.24. The zero-order valence-electron chi connectivity index (χ0n) is 15.7. The molecule has 0 radical (unpaired) electrons. The fraction of sp³-hybridized carbons (Fsp3) is 0.250. The Kier molecular flexibility index (Phi) is 6.51. The molecule has 1 aromatic heterocycles. The Labute approximate surface area is 166 Å². The lowest BCUT2D eigenvalue weighted by atomic mass is 10.2. The number of hydrogen-bond acceptors (Lipinski definition) is 8. The summed E-state index contributed by atoms with van der Waals surface area (Å²) < 4.78 is 16.4. The Balaban J connectivity index is 1.47. The van der Waals surface area contributed by atoms with Crippen LogP contribution >= 0.6 is 0 Å². The maximum absolute atomic E-state index is 12.0. The fourth-order valence-electron chi connectivity index (χ4n) is 2.47. The van der Waals surface area contributed by atoms with Crippen LogP contribution in [-0.4, -0.2) is 27.7 Å². The Morgan fingerprint density at radius 2 is 1.86 bits per heavy atom. The Morgan fingerprint density at radius 1 is 1.14 bits per heavy atom. The SMILES string of the molecule is C[C@H](OC(=O)CCCOc1ccccc1)c1nnc(-c2ccc([N+](=O)[O-])cc2)o1. The lowest BCUT2D eigenvalue weighted by molar-refractivity contribution is -0.384. The van der Waals surface area contributed by atoms with Crippen LogP contribution in [0.3, 0.4) is 0 Å². The van der Waals surface area contributed by atoms with E-state index in [4.69, 9.17) is 13.9 Å². The third kappa shape index (κ3) is 5.61. The summed E-state index contributed by atoms with van der Waals surface area (Å²) in [6, 6.07) is 15.1. The van der Waals surface area contributed by atoms with Gasteiger partial charge in [0.2, 0.25) is 5.89 Å². The van der Waals surface area contributed by atoms with Crippen LogP contribution in [-0.2, 0) is 9.53 Å². The lowest BCUT2D eigenvalue weighted by Gasteiger charge is -2.09. The number of para-hydroxylation sites is 1. The van der Waals surface area contributed by atoms with Crippen molar-refractivity contribution in [2.24, 2.45) is 0 Å². The number of carbonyl (C=O) groups is 1. The van der Waals surface area contributed by atoms with E-state index in [9.17, 15) is 14.9 Å². The van der Waals surface area contributed by atoms with Crippen molar-refractivity contribution in [1.82, 2.24) is 10.2 Å². The molecule has 3 aromatic rings. The van der Waals surface area contributed by atoms with Crippen LogP contribution in [0.25, 0.3) is 11.5 Å². The number of ether oxygens (including phenoxy) is 2. The van der Waals surface area contributed by atoms with Gasteiger partial charge >= 0.3 is 5.97 Å². The summed E-state index contributed by atoms with van der Waals surface area (Å²) in [6.07, 6.45) is -0.00407. The zero-order chi connectivity index (χ0) is 20.6. The van der Waals surface area contributed by atoms with Crippen LogP contribution in [0.4, 0.5) is 5.69 Å². The van der Waals surface area contributed by atoms with Crippen LogP contribution in [0, 0.1) is 10.1 Å². The molecule has 9 nitrogen and oxygen atoms in total. The van der Waals surface area contributed by atoms with Crippen molar-refractivity contribution in [1.29, 1.82) is 0 Å². The number of esters is 1. The predicted molar refractivity (Wildman–Crippen MR) is 102 cm³/mol. The first-order chi connectivity index (χ1) is 14.0. The summed E-state index contributed by atoms with van der Waals surface area (Å²) in [4.78, 5) is 22.2. The number of aromatic nitrogens is 2. The van der Waals surface area contributed by atoms with E-state index in [1.807, 2.05) is 30.3 Å². The maximum atomic E-state index is 12.0. The molecule has 0 fully saturated rings. The number of carbonyl (C=O) groups excluding carboxylic acids is 1. The molecule has 2 aromatic carbocycles. The molecule has 0 unspecified atom stereocenters. The van der Waals surface area contributed by atoms with Crippen LogP contribution in [0.15, 0.2) is 59.0 Å². The van der Waals surface area contributed by atoms with E-state index in [1.165, 1.54) is 24.3 Å². The number of rotatable bonds is 9. The first-order valence-electron chi connectivity index (χ1n) is 8.98. The molecule has 0 aliphatic heterocycles. The van der Waals surface area contributed by atoms with Gasteiger partial charge < -0.3 is 13.9 Å². The number of nitrogens with zero attached hydrogens (tertiary/aromatic N) is 3. The van der Waals surface area contributed by atoms with Crippen LogP contribution in [0.5, 0.6) is 5.75 Å². The van der Waals surface area contributed by atoms with Crippen molar-refractivity contribution in [3.05, 3.63) is 70.6 Å². The molecular formula is C20H19N3O6. The molecule has 9 heteroatoms. The van der Waals surface area contributed by atoms with Gasteiger partial charge in [-0.2, -0.15) is 0 Å². The largest absolute Gasteiger partial charge is 0.494 e. The van der Waals surface area contributed by atoms with Crippen molar-refractivity contribution in [2.45, 2.75) is 25.9 Å². The van der Waals surface area contributed by atoms with Gasteiger partial charge in [0.05, 0.1) is 11.5 Å². The predicted octanol–water partition coefficient (Wildman–Crippen LogP) is 4.11. The van der Waals surface area contributed by atoms with Crippen LogP contribution in [0.2, 0.25) is 0 Å². The second-order valence-corrected chi connectivity index (χ2v) is 6.15. The summed E-state index contributed by atoms with van der Waals surface area (Å²) in [5.74, 6) is 0.685. The monoisotopic (exact) mass is 397 g/mol. The summed E-state index contributed by atoms with van der Waals surface area (Å²) in [6.45, 7) is 2.03. The van der Waals surface area contributed by atoms with Crippen molar-refractivity contribution in [3.63, 3.8) is 0 Å². The highest BCUT2D eigenvalue weighted by atomic mass is 16.6. The summed E-state index contributed by atoms with van der Waals surface area (Å²) >= 11 is 0. The van der Waals surface area contributed by atoms with Crippen molar-refractivity contribution >= 4 is 11.7 Å². The molecule has 29 heavy (non-hydrogen) atoms. The Morgan fingerprint density at radius 3 is 2.55 bits per heavy atom. The molecule has 0 amide bonds. The average molecular weight is 397 g/mol. The highest BCUT2D eigenvalue weighted by Gasteiger charge is 2.19. The fourth-order valence-corrected chi connectivity index (χ4v) is 2.47. The minimum atomic E-state index is -0.711. The third-order valence-corrected chi connectivity index (χ3v) is 3.96. The molecule has 1 heterocycles. The molecule has 0 aliphatic carbocycles. The van der Waals surface area contributed by atoms with E-state index in [1.54, 1.807) is 6.92 Å². The zero-order valence-corrected chi connectivity index (χ0v) is 15.7. The van der Waals surface area contributed by atoms with E-state index in [0.717, 1.165) is 5.75 Å². The van der Waals surface area contributed by atoms with E-state index in [-0.39, 0.29) is 23.9 Å². The first kappa shape index (κ1) is 20.0. The second kappa shape index (κ2) is 9.45. The number of nitro groups is 1. The number of hydrogen-bond donors (Lipinski definition) is 0. The number of nitro benzene ring substituents is 1. The molecule has 1 atom stereocenters. The van der Waals surface area contributed by atoms with Crippen molar-refractivity contribution in [2.75, 3.05) is 6.61 Å². The van der Waals surface area contributed by atoms with Crippen LogP contribution in [0.1, 0.15) is 31.8 Å². The summed E-state index contributed by atoms with van der Waals surface area (Å²) in [5, 5.41) is 18.5. The second-order valence-electron chi connectivity index (χ2n) is 6.15. The van der Waals surface area contributed by atoms with Crippen molar-refractivity contribution < 1.29 is 23.6 Å². The van der Waals surface area contributed by atoms with Crippen LogP contribution < -0.4 is 4.74 Å². The average Bonchev–Trinajstić information content (AvgIpc) is 3.22. The van der Waals surface area contributed by atoms with E-state index in [2.05, 4.69) is 10.2 Å². The van der Waals surface area contributed by atoms with Gasteiger partial charge in [0, 0.05) is 24.1 Å². The van der Waals surface area contributed by atoms with Gasteiger partial charge in [-0.15, -0.1) is 10.2 Å². The Hall–Kier alpha value is -3.75. The number of benzene rings is 2. The van der Waals surface area contributed by atoms with E-state index >= 15 is 0 Å². The van der Waals surface area contributed by atoms with Gasteiger partial charge in [-0.1, -0.05) is 18.2 Å². The van der Waals surface area contributed by atoms with Gasteiger partial charge in [0.25, 0.3) is 11.6 Å². The normalized spacial score (nSPS) is 11.6. The summed E-state index contributed by atoms with van der Waals surface area (Å²) in [5.41, 5.74) is 0.498. The van der Waals surface area contributed by atoms with Gasteiger partial charge in [-0.25, -0.2) is 0 Å². The standard InChI is InChI=1S/C20H19N3O6/c1-14(28-18(24)8-5-13-27-17-6-3-2-4-7-17)19-21-22-20(29-19)15-9-11-16(12-10-15)23(25)26/h2-4,6-7,9-12,14H,5,8,13H2,1H3/t14-/m0/s1.